The summed E-state index contributed by atoms with van der Waals surface area (Å²) in [6.07, 6.45) is 1.42. The highest BCUT2D eigenvalue weighted by Crippen LogP contribution is 2.26. The van der Waals surface area contributed by atoms with E-state index in [1.54, 1.807) is 24.3 Å². The molecule has 0 bridgehead atoms. The third kappa shape index (κ3) is 4.57. The summed E-state index contributed by atoms with van der Waals surface area (Å²) in [4.78, 5) is 4.32. The molecule has 0 saturated carbocycles. The fraction of sp³-hybridized carbons (Fsp3) is 0.150. The Kier molecular flexibility index (Phi) is 5.32. The molecule has 0 aliphatic rings. The van der Waals surface area contributed by atoms with Gasteiger partial charge in [0.25, 0.3) is 10.0 Å². The molecule has 1 aromatic heterocycles. The Balaban J connectivity index is 1.74. The molecule has 0 spiro atoms. The second kappa shape index (κ2) is 7.67. The van der Waals surface area contributed by atoms with E-state index < -0.39 is 10.0 Å². The van der Waals surface area contributed by atoms with Gasteiger partial charge in [0.1, 0.15) is 11.5 Å². The summed E-state index contributed by atoms with van der Waals surface area (Å²) in [5.74, 6) is 1.69. The average molecular weight is 384 g/mol. The van der Waals surface area contributed by atoms with Gasteiger partial charge < -0.3 is 9.47 Å². The minimum Gasteiger partial charge on any atom is -0.497 e. The summed E-state index contributed by atoms with van der Waals surface area (Å²) in [7, 11) is -2.19. The van der Waals surface area contributed by atoms with E-state index in [2.05, 4.69) is 9.71 Å². The quantitative estimate of drug-likeness (QED) is 0.686. The molecule has 0 fully saturated rings. The van der Waals surface area contributed by atoms with Crippen LogP contribution < -0.4 is 14.2 Å². The van der Waals surface area contributed by atoms with Crippen LogP contribution in [0.4, 0.5) is 5.69 Å². The highest BCUT2D eigenvalue weighted by molar-refractivity contribution is 7.92. The van der Waals surface area contributed by atoms with Gasteiger partial charge in [0, 0.05) is 6.07 Å². The number of hydrogen-bond donors (Lipinski definition) is 1. The SMILES string of the molecule is COc1ccc(S(=O)(=O)Nc2ccc(Oc3cc(C)ccc3C)nc2)cc1. The monoisotopic (exact) mass is 384 g/mol. The molecule has 3 aromatic rings. The van der Waals surface area contributed by atoms with Crippen LogP contribution in [0.25, 0.3) is 0 Å². The van der Waals surface area contributed by atoms with Crippen molar-refractivity contribution in [2.24, 2.45) is 0 Å². The average Bonchev–Trinajstić information content (AvgIpc) is 2.66. The Labute approximate surface area is 158 Å². The molecule has 2 aromatic carbocycles. The van der Waals surface area contributed by atoms with Crippen LogP contribution in [0.2, 0.25) is 0 Å². The van der Waals surface area contributed by atoms with E-state index in [-0.39, 0.29) is 4.90 Å². The van der Waals surface area contributed by atoms with Gasteiger partial charge in [-0.25, -0.2) is 13.4 Å². The third-order valence-corrected chi connectivity index (χ3v) is 5.31. The highest BCUT2D eigenvalue weighted by atomic mass is 32.2. The third-order valence-electron chi connectivity index (χ3n) is 3.92. The van der Waals surface area contributed by atoms with Gasteiger partial charge in [0.05, 0.1) is 23.9 Å². The number of pyridine rings is 1. The van der Waals surface area contributed by atoms with Crippen LogP contribution >= 0.6 is 0 Å². The maximum atomic E-state index is 12.4. The van der Waals surface area contributed by atoms with E-state index in [0.29, 0.717) is 23.1 Å². The van der Waals surface area contributed by atoms with Gasteiger partial charge >= 0.3 is 0 Å². The predicted molar refractivity (Wildman–Crippen MR) is 104 cm³/mol. The maximum Gasteiger partial charge on any atom is 0.261 e. The highest BCUT2D eigenvalue weighted by Gasteiger charge is 2.14. The topological polar surface area (TPSA) is 77.5 Å². The molecule has 0 atom stereocenters. The van der Waals surface area contributed by atoms with Crippen LogP contribution in [0.1, 0.15) is 11.1 Å². The lowest BCUT2D eigenvalue weighted by Crippen LogP contribution is -2.13. The Morgan fingerprint density at radius 1 is 0.963 bits per heavy atom. The van der Waals surface area contributed by atoms with Crippen LogP contribution in [-0.4, -0.2) is 20.5 Å². The zero-order chi connectivity index (χ0) is 19.4. The van der Waals surface area contributed by atoms with Crippen molar-refractivity contribution in [1.29, 1.82) is 0 Å². The maximum absolute atomic E-state index is 12.4. The molecule has 1 N–H and O–H groups in total. The number of nitrogens with one attached hydrogen (secondary N) is 1. The van der Waals surface area contributed by atoms with Crippen molar-refractivity contribution in [3.05, 3.63) is 71.9 Å². The van der Waals surface area contributed by atoms with Crippen molar-refractivity contribution in [2.45, 2.75) is 18.7 Å². The van der Waals surface area contributed by atoms with Crippen LogP contribution in [0, 0.1) is 13.8 Å². The molecule has 27 heavy (non-hydrogen) atoms. The number of aryl methyl sites for hydroxylation is 2. The molecular formula is C20H20N2O4S. The van der Waals surface area contributed by atoms with E-state index in [1.807, 2.05) is 32.0 Å². The Morgan fingerprint density at radius 2 is 1.70 bits per heavy atom. The van der Waals surface area contributed by atoms with Gasteiger partial charge in [-0.2, -0.15) is 0 Å². The summed E-state index contributed by atoms with van der Waals surface area (Å²) >= 11 is 0. The van der Waals surface area contributed by atoms with Gasteiger partial charge in [-0.15, -0.1) is 0 Å². The van der Waals surface area contributed by atoms with E-state index >= 15 is 0 Å². The van der Waals surface area contributed by atoms with Crippen molar-refractivity contribution >= 4 is 15.7 Å². The second-order valence-corrected chi connectivity index (χ2v) is 7.72. The molecule has 0 amide bonds. The Hall–Kier alpha value is -3.06. The van der Waals surface area contributed by atoms with Gasteiger partial charge in [0.2, 0.25) is 5.88 Å². The fourth-order valence-electron chi connectivity index (χ4n) is 2.40. The molecule has 6 nitrogen and oxygen atoms in total. The molecule has 0 aliphatic heterocycles. The minimum atomic E-state index is -3.71. The lowest BCUT2D eigenvalue weighted by molar-refractivity contribution is 0.414. The molecule has 140 valence electrons. The standard InChI is InChI=1S/C20H20N2O4S/c1-14-4-5-15(2)19(12-14)26-20-11-6-16(13-21-20)22-27(23,24)18-9-7-17(25-3)8-10-18/h4-13,22H,1-3H3. The smallest absolute Gasteiger partial charge is 0.261 e. The first kappa shape index (κ1) is 18.7. The Bertz CT molecular complexity index is 1030. The summed E-state index contributed by atoms with van der Waals surface area (Å²) in [6.45, 7) is 3.93. The minimum absolute atomic E-state index is 0.138. The predicted octanol–water partition coefficient (Wildman–Crippen LogP) is 4.30. The first-order valence-electron chi connectivity index (χ1n) is 8.25. The van der Waals surface area contributed by atoms with Crippen LogP contribution in [0.3, 0.4) is 0 Å². The van der Waals surface area contributed by atoms with E-state index in [9.17, 15) is 8.42 Å². The first-order chi connectivity index (χ1) is 12.9. The Morgan fingerprint density at radius 3 is 2.33 bits per heavy atom. The number of rotatable bonds is 6. The van der Waals surface area contributed by atoms with Gasteiger partial charge in [-0.3, -0.25) is 4.72 Å². The number of methoxy groups -OCH3 is 1. The number of aromatic nitrogens is 1. The molecule has 1 heterocycles. The zero-order valence-corrected chi connectivity index (χ0v) is 16.1. The summed E-state index contributed by atoms with van der Waals surface area (Å²) in [5.41, 5.74) is 2.42. The number of benzene rings is 2. The second-order valence-electron chi connectivity index (χ2n) is 6.04. The van der Waals surface area contributed by atoms with E-state index in [1.165, 1.54) is 25.4 Å². The number of sulfonamides is 1. The van der Waals surface area contributed by atoms with Crippen molar-refractivity contribution in [3.8, 4) is 17.4 Å². The van der Waals surface area contributed by atoms with E-state index in [0.717, 1.165) is 11.1 Å². The number of nitrogens with zero attached hydrogens (tertiary/aromatic N) is 1. The molecule has 7 heteroatoms. The molecule has 3 rings (SSSR count). The van der Waals surface area contributed by atoms with Crippen molar-refractivity contribution in [3.63, 3.8) is 0 Å². The molecule has 0 radical (unpaired) electrons. The van der Waals surface area contributed by atoms with Crippen molar-refractivity contribution in [1.82, 2.24) is 4.98 Å². The molecule has 0 aliphatic carbocycles. The van der Waals surface area contributed by atoms with Crippen LogP contribution in [0.5, 0.6) is 17.4 Å². The lowest BCUT2D eigenvalue weighted by Gasteiger charge is -2.11. The number of ether oxygens (including phenoxy) is 2. The lowest BCUT2D eigenvalue weighted by atomic mass is 10.1. The summed E-state index contributed by atoms with van der Waals surface area (Å²) in [5, 5.41) is 0. The first-order valence-corrected chi connectivity index (χ1v) is 9.74. The van der Waals surface area contributed by atoms with E-state index in [4.69, 9.17) is 9.47 Å². The number of hydrogen-bond acceptors (Lipinski definition) is 5. The summed E-state index contributed by atoms with van der Waals surface area (Å²) < 4.78 is 38.2. The molecular weight excluding hydrogens is 364 g/mol. The summed E-state index contributed by atoms with van der Waals surface area (Å²) in [6, 6.07) is 15.3. The van der Waals surface area contributed by atoms with Gasteiger partial charge in [0.15, 0.2) is 0 Å². The van der Waals surface area contributed by atoms with Crippen molar-refractivity contribution in [2.75, 3.05) is 11.8 Å². The van der Waals surface area contributed by atoms with Crippen LogP contribution in [0.15, 0.2) is 65.7 Å². The largest absolute Gasteiger partial charge is 0.497 e. The zero-order valence-electron chi connectivity index (χ0n) is 15.3. The normalized spacial score (nSPS) is 11.1. The van der Waals surface area contributed by atoms with Gasteiger partial charge in [-0.05, 0) is 61.4 Å². The van der Waals surface area contributed by atoms with Gasteiger partial charge in [-0.1, -0.05) is 12.1 Å². The molecule has 0 unspecified atom stereocenters. The number of anilines is 1. The fourth-order valence-corrected chi connectivity index (χ4v) is 3.44. The van der Waals surface area contributed by atoms with Crippen LogP contribution in [-0.2, 0) is 10.0 Å². The molecule has 0 saturated heterocycles. The van der Waals surface area contributed by atoms with Crippen molar-refractivity contribution < 1.29 is 17.9 Å².